The first-order valence-corrected chi connectivity index (χ1v) is 10.1. The van der Waals surface area contributed by atoms with Gasteiger partial charge in [-0.1, -0.05) is 0 Å². The lowest BCUT2D eigenvalue weighted by Gasteiger charge is -2.09. The molecular weight excluding hydrogens is 383 g/mol. The van der Waals surface area contributed by atoms with Gasteiger partial charge in [0.2, 0.25) is 0 Å². The van der Waals surface area contributed by atoms with Gasteiger partial charge in [0.1, 0.15) is 11.8 Å². The number of benzene rings is 2. The summed E-state index contributed by atoms with van der Waals surface area (Å²) in [5.41, 5.74) is 3.20. The number of aromatic nitrogens is 4. The molecule has 2 aromatic heterocycles. The Morgan fingerprint density at radius 1 is 1.14 bits per heavy atom. The summed E-state index contributed by atoms with van der Waals surface area (Å²) in [5.74, 6) is -0.353. The number of nitrogens with zero attached hydrogens (tertiary/aromatic N) is 3. The Morgan fingerprint density at radius 3 is 2.50 bits per heavy atom. The molecule has 1 unspecified atom stereocenters. The lowest BCUT2D eigenvalue weighted by atomic mass is 10.1. The van der Waals surface area contributed by atoms with Gasteiger partial charge in [0.05, 0.1) is 34.9 Å². The summed E-state index contributed by atoms with van der Waals surface area (Å²) in [6.45, 7) is 0. The van der Waals surface area contributed by atoms with Crippen molar-refractivity contribution < 1.29 is 17.9 Å². The van der Waals surface area contributed by atoms with Crippen molar-refractivity contribution in [3.05, 3.63) is 54.5 Å². The van der Waals surface area contributed by atoms with E-state index < -0.39 is 16.0 Å². The molecule has 4 aromatic rings. The molecule has 0 amide bonds. The molecule has 7 nitrogen and oxygen atoms in total. The van der Waals surface area contributed by atoms with E-state index >= 15 is 0 Å². The fourth-order valence-electron chi connectivity index (χ4n) is 2.83. The summed E-state index contributed by atoms with van der Waals surface area (Å²) in [5, 5.41) is 6.96. The van der Waals surface area contributed by atoms with Crippen LogP contribution in [0.25, 0.3) is 33.7 Å². The smallest absolute Gasteiger partial charge is 0.200 e. The van der Waals surface area contributed by atoms with E-state index in [-0.39, 0.29) is 10.6 Å². The molecular formula is C19H15FN4O3S. The zero-order chi connectivity index (χ0) is 19.9. The highest BCUT2D eigenvalue weighted by molar-refractivity contribution is 7.97. The Labute approximate surface area is 160 Å². The highest BCUT2D eigenvalue weighted by Gasteiger charge is 2.15. The van der Waals surface area contributed by atoms with E-state index in [1.54, 1.807) is 24.4 Å². The van der Waals surface area contributed by atoms with Crippen molar-refractivity contribution in [1.82, 2.24) is 20.2 Å². The molecule has 142 valence electrons. The zero-order valence-corrected chi connectivity index (χ0v) is 15.8. The van der Waals surface area contributed by atoms with E-state index in [2.05, 4.69) is 20.2 Å². The summed E-state index contributed by atoms with van der Waals surface area (Å²) in [6.07, 6.45) is 2.70. The zero-order valence-electron chi connectivity index (χ0n) is 15.0. The first-order chi connectivity index (χ1) is 13.4. The van der Waals surface area contributed by atoms with Crippen molar-refractivity contribution in [2.75, 3.05) is 13.4 Å². The number of fused-ring (bicyclic) bond motifs is 1. The molecule has 0 saturated carbocycles. The highest BCUT2D eigenvalue weighted by atomic mass is 32.3. The summed E-state index contributed by atoms with van der Waals surface area (Å²) >= 11 is 0. The van der Waals surface area contributed by atoms with Crippen molar-refractivity contribution in [2.45, 2.75) is 4.90 Å². The van der Waals surface area contributed by atoms with E-state index in [0.29, 0.717) is 33.7 Å². The van der Waals surface area contributed by atoms with Crippen LogP contribution in [0.3, 0.4) is 0 Å². The Balaban J connectivity index is 1.78. The van der Waals surface area contributed by atoms with Gasteiger partial charge in [-0.3, -0.25) is 5.10 Å². The van der Waals surface area contributed by atoms with Crippen LogP contribution in [0.5, 0.6) is 5.75 Å². The van der Waals surface area contributed by atoms with Crippen LogP contribution in [-0.2, 0) is 14.4 Å². The standard InChI is InChI=1S/C19H15FN4O3S/c1-27-16-8-5-12(9-14(16)20)17-18-19(24-23-17)21-10-15(22-18)11-3-6-13(7-4-11)28(2,25)26/h3-10H,1-2H3,(H-,21,23,24,25,26). The van der Waals surface area contributed by atoms with Crippen molar-refractivity contribution in [1.29, 1.82) is 0 Å². The van der Waals surface area contributed by atoms with Gasteiger partial charge in [0, 0.05) is 11.1 Å². The van der Waals surface area contributed by atoms with Gasteiger partial charge in [0.15, 0.2) is 22.1 Å². The van der Waals surface area contributed by atoms with Crippen molar-refractivity contribution >= 4 is 21.4 Å². The molecule has 9 heteroatoms. The molecule has 4 rings (SSSR count). The number of hydrogen-bond donors (Lipinski definition) is 1. The van der Waals surface area contributed by atoms with E-state index in [1.165, 1.54) is 31.4 Å². The third-order valence-electron chi connectivity index (χ3n) is 4.28. The minimum Gasteiger partial charge on any atom is -0.610 e. The number of methoxy groups -OCH3 is 1. The maximum absolute atomic E-state index is 14.1. The average Bonchev–Trinajstić information content (AvgIpc) is 3.10. The molecule has 2 aromatic carbocycles. The van der Waals surface area contributed by atoms with E-state index in [4.69, 9.17) is 4.74 Å². The van der Waals surface area contributed by atoms with Crippen LogP contribution in [0.15, 0.2) is 53.6 Å². The second kappa shape index (κ2) is 6.77. The quantitative estimate of drug-likeness (QED) is 0.528. The summed E-state index contributed by atoms with van der Waals surface area (Å²) < 4.78 is 42.3. The molecule has 0 radical (unpaired) electrons. The molecule has 1 atom stereocenters. The second-order valence-corrected chi connectivity index (χ2v) is 8.19. The van der Waals surface area contributed by atoms with Gasteiger partial charge in [-0.25, -0.2) is 14.4 Å². The number of H-pyrrole nitrogens is 1. The van der Waals surface area contributed by atoms with Crippen molar-refractivity contribution in [3.8, 4) is 28.3 Å². The van der Waals surface area contributed by atoms with Crippen LogP contribution in [0.2, 0.25) is 0 Å². The molecule has 1 N–H and O–H groups in total. The SMILES string of the molecule is COc1ccc(-c2[nH]nc3ncc(-c4ccc([S+](C)(=O)[O-])cc4)nc23)cc1F. The maximum atomic E-state index is 14.1. The monoisotopic (exact) mass is 398 g/mol. The number of aromatic amines is 1. The minimum absolute atomic E-state index is 0.144. The summed E-state index contributed by atoms with van der Waals surface area (Å²) in [4.78, 5) is 9.10. The first-order valence-electron chi connectivity index (χ1n) is 8.22. The molecule has 28 heavy (non-hydrogen) atoms. The summed E-state index contributed by atoms with van der Waals surface area (Å²) in [6, 6.07) is 10.9. The first kappa shape index (κ1) is 18.2. The highest BCUT2D eigenvalue weighted by Crippen LogP contribution is 2.29. The molecule has 0 fully saturated rings. The lowest BCUT2D eigenvalue weighted by molar-refractivity contribution is 0.386. The Hall–Kier alpha value is -3.17. The predicted octanol–water partition coefficient (Wildman–Crippen LogP) is 3.45. The molecule has 0 aliphatic rings. The topological polar surface area (TPSA) is 104 Å². The van der Waals surface area contributed by atoms with E-state index in [1.807, 2.05) is 0 Å². The predicted molar refractivity (Wildman–Crippen MR) is 102 cm³/mol. The third kappa shape index (κ3) is 3.25. The van der Waals surface area contributed by atoms with E-state index in [0.717, 1.165) is 6.26 Å². The van der Waals surface area contributed by atoms with E-state index in [9.17, 15) is 13.2 Å². The molecule has 0 spiro atoms. The van der Waals surface area contributed by atoms with Crippen LogP contribution in [0.4, 0.5) is 4.39 Å². The molecule has 0 aliphatic heterocycles. The van der Waals surface area contributed by atoms with Crippen LogP contribution >= 0.6 is 0 Å². The van der Waals surface area contributed by atoms with Gasteiger partial charge in [-0.15, -0.1) is 4.21 Å². The fourth-order valence-corrected chi connectivity index (χ4v) is 3.46. The van der Waals surface area contributed by atoms with Crippen LogP contribution in [0, 0.1) is 5.82 Å². The third-order valence-corrected chi connectivity index (χ3v) is 5.41. The van der Waals surface area contributed by atoms with Gasteiger partial charge >= 0.3 is 0 Å². The lowest BCUT2D eigenvalue weighted by Crippen LogP contribution is -2.06. The maximum Gasteiger partial charge on any atom is 0.200 e. The number of hydrogen-bond acceptors (Lipinski definition) is 6. The Kier molecular flexibility index (Phi) is 4.40. The number of halogens is 1. The second-order valence-electron chi connectivity index (χ2n) is 6.17. The minimum atomic E-state index is -3.28. The van der Waals surface area contributed by atoms with Gasteiger partial charge < -0.3 is 9.29 Å². The van der Waals surface area contributed by atoms with Gasteiger partial charge in [-0.2, -0.15) is 5.10 Å². The van der Waals surface area contributed by atoms with Gasteiger partial charge in [0.25, 0.3) is 0 Å². The number of rotatable bonds is 4. The van der Waals surface area contributed by atoms with Crippen LogP contribution in [0.1, 0.15) is 0 Å². The Morgan fingerprint density at radius 2 is 1.86 bits per heavy atom. The van der Waals surface area contributed by atoms with Crippen molar-refractivity contribution in [2.24, 2.45) is 0 Å². The van der Waals surface area contributed by atoms with Crippen LogP contribution in [-0.4, -0.2) is 38.1 Å². The number of ether oxygens (including phenoxy) is 1. The fraction of sp³-hybridized carbons (Fsp3) is 0.105. The average molecular weight is 398 g/mol. The largest absolute Gasteiger partial charge is 0.610 e. The van der Waals surface area contributed by atoms with Crippen molar-refractivity contribution in [3.63, 3.8) is 0 Å². The van der Waals surface area contributed by atoms with Crippen LogP contribution < -0.4 is 4.74 Å². The number of nitrogens with one attached hydrogen (secondary N) is 1. The molecule has 0 saturated heterocycles. The van der Waals surface area contributed by atoms with Gasteiger partial charge in [-0.05, 0) is 42.5 Å². The Bertz CT molecular complexity index is 1220. The molecule has 2 heterocycles. The summed E-state index contributed by atoms with van der Waals surface area (Å²) in [7, 11) is -1.88. The molecule has 0 bridgehead atoms. The normalized spacial score (nSPS) is 13.4. The molecule has 0 aliphatic carbocycles. The number of sulfone groups is 1.